The Kier molecular flexibility index (Phi) is 23.1. The first-order valence-corrected chi connectivity index (χ1v) is 31.8. The first kappa shape index (κ1) is 58.9. The summed E-state index contributed by atoms with van der Waals surface area (Å²) < 4.78 is 54.1. The Morgan fingerprint density at radius 2 is 0.400 bits per heavy atom. The van der Waals surface area contributed by atoms with Crippen molar-refractivity contribution in [1.29, 1.82) is 0 Å². The molecule has 80 heavy (non-hydrogen) atoms. The Labute approximate surface area is 481 Å². The largest absolute Gasteiger partial charge is 0.457 e. The monoisotopic (exact) mass is 1090 g/mol. The summed E-state index contributed by atoms with van der Waals surface area (Å²) in [6, 6.07) is 18.6. The zero-order valence-electron chi connectivity index (χ0n) is 48.8. The molecule has 432 valence electrons. The maximum atomic E-state index is 6.77. The lowest BCUT2D eigenvalue weighted by Crippen LogP contribution is -2.22. The maximum absolute atomic E-state index is 6.77. The molecule has 0 amide bonds. The Balaban J connectivity index is 1.21. The predicted octanol–water partition coefficient (Wildman–Crippen LogP) is 20.7. The first-order chi connectivity index (χ1) is 39.6. The third-order valence-corrected chi connectivity index (χ3v) is 17.9. The lowest BCUT2D eigenvalue weighted by atomic mass is 9.76. The van der Waals surface area contributed by atoms with Crippen LogP contribution in [0.15, 0.2) is 99.2 Å². The molecular formula is C72H96O8. The number of allylic oxidation sites excluding steroid dienone is 4. The van der Waals surface area contributed by atoms with Crippen LogP contribution in [0.1, 0.15) is 274 Å². The van der Waals surface area contributed by atoms with Gasteiger partial charge >= 0.3 is 0 Å². The van der Waals surface area contributed by atoms with Crippen molar-refractivity contribution < 1.29 is 37.9 Å². The van der Waals surface area contributed by atoms with Gasteiger partial charge in [-0.25, -0.2) is 0 Å². The summed E-state index contributed by atoms with van der Waals surface area (Å²) in [7, 11) is 0. The van der Waals surface area contributed by atoms with Crippen molar-refractivity contribution in [2.45, 2.75) is 229 Å². The zero-order chi connectivity index (χ0) is 55.1. The van der Waals surface area contributed by atoms with Gasteiger partial charge in [-0.05, 0) is 101 Å². The lowest BCUT2D eigenvalue weighted by Gasteiger charge is -2.35. The molecule has 4 heterocycles. The van der Waals surface area contributed by atoms with Gasteiger partial charge in [0.2, 0.25) is 27.2 Å². The Hall–Kier alpha value is -5.76. The van der Waals surface area contributed by atoms with E-state index < -0.39 is 0 Å². The van der Waals surface area contributed by atoms with E-state index in [0.29, 0.717) is 0 Å². The van der Waals surface area contributed by atoms with E-state index in [1.54, 1.807) is 0 Å². The molecule has 0 N–H and O–H groups in total. The first-order valence-electron chi connectivity index (χ1n) is 31.8. The summed E-state index contributed by atoms with van der Waals surface area (Å²) in [5, 5.41) is 0. The Morgan fingerprint density at radius 3 is 0.575 bits per heavy atom. The molecule has 9 rings (SSSR count). The summed E-state index contributed by atoms with van der Waals surface area (Å²) in [6.45, 7) is 16.1. The van der Waals surface area contributed by atoms with Crippen LogP contribution in [-0.4, -0.2) is 27.2 Å². The fourth-order valence-electron chi connectivity index (χ4n) is 13.5. The van der Waals surface area contributed by atoms with E-state index in [-0.39, 0.29) is 50.8 Å². The van der Waals surface area contributed by atoms with Gasteiger partial charge < -0.3 is 37.9 Å². The standard InChI is InChI=1S/C72H96O8/c1-5-9-13-17-21-25-29-33-37-53-57-41-59-54(38-34-30-26-22-18-14-10-6-2)61-43-63-56(40-36-32-28-24-20-16-12-8-4)64-44-62-55(39-35-31-27-23-19-15-11-7-3)60-42-58(53)66-46-68(60)76-51-78-70(62)48-72(64)80-52-79-71(63)47-69(61)77-50-75-67(59)45-65(57)73-49-74-66/h5-8,41-48,53-56H,1-4,9-40,49-52H2. The second kappa shape index (κ2) is 31.5. The number of benzene rings is 4. The summed E-state index contributed by atoms with van der Waals surface area (Å²) in [5.74, 6) is 6.53. The molecule has 8 bridgehead atoms. The van der Waals surface area contributed by atoms with Gasteiger partial charge in [-0.3, -0.25) is 0 Å². The van der Waals surface area contributed by atoms with Gasteiger partial charge in [0.15, 0.2) is 0 Å². The molecule has 0 atom stereocenters. The van der Waals surface area contributed by atoms with Crippen LogP contribution < -0.4 is 37.9 Å². The molecule has 0 saturated heterocycles. The van der Waals surface area contributed by atoms with E-state index in [9.17, 15) is 0 Å². The molecule has 0 saturated carbocycles. The highest BCUT2D eigenvalue weighted by Crippen LogP contribution is 2.55. The minimum atomic E-state index is -0.00559. The molecule has 4 aromatic carbocycles. The van der Waals surface area contributed by atoms with Gasteiger partial charge in [0.25, 0.3) is 0 Å². The fraction of sp³-hybridized carbons (Fsp3) is 0.556. The van der Waals surface area contributed by atoms with Crippen molar-refractivity contribution >= 4 is 0 Å². The molecule has 0 fully saturated rings. The van der Waals surface area contributed by atoms with Crippen LogP contribution in [0.25, 0.3) is 0 Å². The second-order valence-corrected chi connectivity index (χ2v) is 23.5. The minimum absolute atomic E-state index is 0.00559. The van der Waals surface area contributed by atoms with Crippen LogP contribution in [0, 0.1) is 0 Å². The molecule has 0 radical (unpaired) electrons. The smallest absolute Gasteiger partial charge is 0.230 e. The van der Waals surface area contributed by atoms with Gasteiger partial charge in [-0.2, -0.15) is 0 Å². The molecule has 8 heteroatoms. The Morgan fingerprint density at radius 1 is 0.237 bits per heavy atom. The van der Waals surface area contributed by atoms with E-state index in [2.05, 4.69) is 74.8 Å². The molecular weight excluding hydrogens is 993 g/mol. The van der Waals surface area contributed by atoms with Gasteiger partial charge in [0.1, 0.15) is 46.0 Å². The molecule has 1 aliphatic carbocycles. The van der Waals surface area contributed by atoms with Gasteiger partial charge in [0, 0.05) is 92.4 Å². The molecule has 0 unspecified atom stereocenters. The highest BCUT2D eigenvalue weighted by atomic mass is 16.7. The topological polar surface area (TPSA) is 73.8 Å². The molecule has 5 aliphatic rings. The molecule has 4 aromatic rings. The van der Waals surface area contributed by atoms with Crippen LogP contribution >= 0.6 is 0 Å². The number of ether oxygens (including phenoxy) is 8. The van der Waals surface area contributed by atoms with Crippen LogP contribution in [0.5, 0.6) is 46.0 Å². The van der Waals surface area contributed by atoms with Crippen molar-refractivity contribution in [2.24, 2.45) is 0 Å². The normalized spacial score (nSPS) is 17.9. The van der Waals surface area contributed by atoms with Crippen LogP contribution in [0.3, 0.4) is 0 Å². The van der Waals surface area contributed by atoms with Crippen LogP contribution in [0.4, 0.5) is 0 Å². The summed E-state index contributed by atoms with van der Waals surface area (Å²) in [6.07, 6.45) is 45.0. The third-order valence-electron chi connectivity index (χ3n) is 17.9. The average molecular weight is 1090 g/mol. The Bertz CT molecular complexity index is 2160. The van der Waals surface area contributed by atoms with Crippen molar-refractivity contribution in [3.05, 3.63) is 144 Å². The van der Waals surface area contributed by atoms with E-state index >= 15 is 0 Å². The van der Waals surface area contributed by atoms with Crippen LogP contribution in [-0.2, 0) is 0 Å². The second-order valence-electron chi connectivity index (χ2n) is 23.5. The summed E-state index contributed by atoms with van der Waals surface area (Å²) >= 11 is 0. The molecule has 0 spiro atoms. The zero-order valence-corrected chi connectivity index (χ0v) is 48.8. The number of hydrogen-bond donors (Lipinski definition) is 0. The summed E-state index contributed by atoms with van der Waals surface area (Å²) in [4.78, 5) is 0. The van der Waals surface area contributed by atoms with E-state index in [1.807, 2.05) is 24.3 Å². The van der Waals surface area contributed by atoms with E-state index in [1.165, 1.54) is 147 Å². The van der Waals surface area contributed by atoms with Crippen molar-refractivity contribution in [2.75, 3.05) is 27.2 Å². The predicted molar refractivity (Wildman–Crippen MR) is 326 cm³/mol. The lowest BCUT2D eigenvalue weighted by molar-refractivity contribution is 0.0985. The van der Waals surface area contributed by atoms with Crippen molar-refractivity contribution in [3.8, 4) is 46.0 Å². The molecule has 8 nitrogen and oxygen atoms in total. The van der Waals surface area contributed by atoms with Crippen molar-refractivity contribution in [3.63, 3.8) is 0 Å². The number of unbranched alkanes of at least 4 members (excludes halogenated alkanes) is 24. The SMILES string of the molecule is C=CCCCCCCCCC1c2cc3c4cc2OCOc2cc5c(cc21)C(CCCCCCCCC=C)c1cc2c(cc1OCO5)OCOc1cc(c(cc1C2CCCCCCCCC=C)C3CCCCCCCCC=C)OCO4. The van der Waals surface area contributed by atoms with Gasteiger partial charge in [0.05, 0.1) is 0 Å². The summed E-state index contributed by atoms with van der Waals surface area (Å²) in [5.41, 5.74) is 9.63. The molecule has 4 aliphatic heterocycles. The maximum Gasteiger partial charge on any atom is 0.230 e. The number of hydrogen-bond acceptors (Lipinski definition) is 8. The highest BCUT2D eigenvalue weighted by molar-refractivity contribution is 5.64. The van der Waals surface area contributed by atoms with Gasteiger partial charge in [-0.1, -0.05) is 153 Å². The fourth-order valence-corrected chi connectivity index (χ4v) is 13.5. The third kappa shape index (κ3) is 15.4. The van der Waals surface area contributed by atoms with Gasteiger partial charge in [-0.15, -0.1) is 26.3 Å². The average Bonchev–Trinajstić information content (AvgIpc) is 3.48. The highest BCUT2D eigenvalue weighted by Gasteiger charge is 2.37. The minimum Gasteiger partial charge on any atom is -0.457 e. The van der Waals surface area contributed by atoms with E-state index in [4.69, 9.17) is 37.9 Å². The molecule has 0 aromatic heterocycles. The van der Waals surface area contributed by atoms with E-state index in [0.717, 1.165) is 149 Å². The quantitative estimate of drug-likeness (QED) is 0.0329. The number of rotatable bonds is 36. The van der Waals surface area contributed by atoms with Crippen LogP contribution in [0.2, 0.25) is 0 Å². The van der Waals surface area contributed by atoms with Crippen molar-refractivity contribution in [1.82, 2.24) is 0 Å².